The predicted molar refractivity (Wildman–Crippen MR) is 116 cm³/mol. The first-order valence-corrected chi connectivity index (χ1v) is 11.1. The van der Waals surface area contributed by atoms with Crippen molar-refractivity contribution in [3.63, 3.8) is 0 Å². The molecule has 0 radical (unpaired) electrons. The molecule has 1 heterocycles. The molecule has 1 saturated carbocycles. The number of rotatable bonds is 5. The third-order valence-electron chi connectivity index (χ3n) is 5.65. The molecule has 1 aliphatic carbocycles. The molecule has 1 atom stereocenters. The molecular formula is C23H26N2O2S. The van der Waals surface area contributed by atoms with Gasteiger partial charge in [0.2, 0.25) is 11.8 Å². The molecule has 2 aromatic carbocycles. The van der Waals surface area contributed by atoms with Crippen LogP contribution in [0.2, 0.25) is 0 Å². The Morgan fingerprint density at radius 1 is 1.14 bits per heavy atom. The molecule has 2 amide bonds. The van der Waals surface area contributed by atoms with Crippen LogP contribution in [-0.2, 0) is 16.0 Å². The van der Waals surface area contributed by atoms with Gasteiger partial charge in [0.05, 0.1) is 5.75 Å². The van der Waals surface area contributed by atoms with Gasteiger partial charge in [0, 0.05) is 17.3 Å². The molecule has 146 valence electrons. The normalized spacial score (nSPS) is 20.0. The van der Waals surface area contributed by atoms with E-state index in [9.17, 15) is 9.59 Å². The lowest BCUT2D eigenvalue weighted by atomic mass is 10.1. The van der Waals surface area contributed by atoms with Crippen LogP contribution in [0.5, 0.6) is 0 Å². The van der Waals surface area contributed by atoms with Crippen molar-refractivity contribution < 1.29 is 9.59 Å². The SMILES string of the molecule is CCc1cccc(N2C(=O)CS[C@@H]2c2ccc(NC(=O)C3CCCC3)cc2)c1. The number of hydrogen-bond acceptors (Lipinski definition) is 3. The summed E-state index contributed by atoms with van der Waals surface area (Å²) in [4.78, 5) is 26.8. The molecule has 2 aromatic rings. The Kier molecular flexibility index (Phi) is 5.72. The lowest BCUT2D eigenvalue weighted by molar-refractivity contribution is -0.119. The number of amides is 2. The lowest BCUT2D eigenvalue weighted by Crippen LogP contribution is -2.27. The van der Waals surface area contributed by atoms with Crippen LogP contribution in [-0.4, -0.2) is 17.6 Å². The molecule has 4 nitrogen and oxygen atoms in total. The maximum atomic E-state index is 12.6. The van der Waals surface area contributed by atoms with Crippen LogP contribution in [0.25, 0.3) is 0 Å². The van der Waals surface area contributed by atoms with Gasteiger partial charge in [0.1, 0.15) is 5.37 Å². The van der Waals surface area contributed by atoms with Gasteiger partial charge in [0.25, 0.3) is 0 Å². The molecule has 4 rings (SSSR count). The maximum absolute atomic E-state index is 12.6. The van der Waals surface area contributed by atoms with Gasteiger partial charge in [-0.2, -0.15) is 0 Å². The van der Waals surface area contributed by atoms with Crippen LogP contribution in [0.15, 0.2) is 48.5 Å². The zero-order valence-electron chi connectivity index (χ0n) is 16.2. The zero-order valence-corrected chi connectivity index (χ0v) is 17.0. The van der Waals surface area contributed by atoms with Crippen molar-refractivity contribution in [2.24, 2.45) is 5.92 Å². The molecule has 0 unspecified atom stereocenters. The van der Waals surface area contributed by atoms with Crippen molar-refractivity contribution in [2.75, 3.05) is 16.0 Å². The molecule has 5 heteroatoms. The van der Waals surface area contributed by atoms with E-state index in [1.54, 1.807) is 11.8 Å². The Hall–Kier alpha value is -2.27. The van der Waals surface area contributed by atoms with Crippen molar-refractivity contribution in [1.82, 2.24) is 0 Å². The molecule has 0 spiro atoms. The van der Waals surface area contributed by atoms with E-state index in [1.165, 1.54) is 5.56 Å². The lowest BCUT2D eigenvalue weighted by Gasteiger charge is -2.25. The predicted octanol–water partition coefficient (Wildman–Crippen LogP) is 5.16. The van der Waals surface area contributed by atoms with E-state index < -0.39 is 0 Å². The van der Waals surface area contributed by atoms with Crippen LogP contribution in [0.3, 0.4) is 0 Å². The molecule has 0 bridgehead atoms. The van der Waals surface area contributed by atoms with E-state index in [0.29, 0.717) is 5.75 Å². The summed E-state index contributed by atoms with van der Waals surface area (Å²) in [7, 11) is 0. The number of nitrogens with one attached hydrogen (secondary N) is 1. The van der Waals surface area contributed by atoms with Crippen LogP contribution in [0, 0.1) is 5.92 Å². The second kappa shape index (κ2) is 8.39. The third kappa shape index (κ3) is 3.95. The zero-order chi connectivity index (χ0) is 19.5. The van der Waals surface area contributed by atoms with Gasteiger partial charge < -0.3 is 5.32 Å². The highest BCUT2D eigenvalue weighted by Gasteiger charge is 2.34. The van der Waals surface area contributed by atoms with Crippen LogP contribution in [0.4, 0.5) is 11.4 Å². The van der Waals surface area contributed by atoms with E-state index in [1.807, 2.05) is 41.3 Å². The quantitative estimate of drug-likeness (QED) is 0.762. The monoisotopic (exact) mass is 394 g/mol. The summed E-state index contributed by atoms with van der Waals surface area (Å²) in [6, 6.07) is 16.2. The fourth-order valence-corrected chi connectivity index (χ4v) is 5.22. The number of hydrogen-bond donors (Lipinski definition) is 1. The van der Waals surface area contributed by atoms with Gasteiger partial charge >= 0.3 is 0 Å². The molecule has 0 aromatic heterocycles. The van der Waals surface area contributed by atoms with Crippen molar-refractivity contribution in [2.45, 2.75) is 44.4 Å². The van der Waals surface area contributed by atoms with E-state index in [2.05, 4.69) is 24.4 Å². The largest absolute Gasteiger partial charge is 0.326 e. The topological polar surface area (TPSA) is 49.4 Å². The standard InChI is InChI=1S/C23H26N2O2S/c1-2-16-6-5-9-20(14-16)25-21(26)15-28-23(25)18-10-12-19(13-11-18)24-22(27)17-7-3-4-8-17/h5-6,9-14,17,23H,2-4,7-8,15H2,1H3,(H,24,27)/t23-/m1/s1. The second-order valence-corrected chi connectivity index (χ2v) is 8.61. The first-order chi connectivity index (χ1) is 13.7. The Morgan fingerprint density at radius 3 is 2.61 bits per heavy atom. The van der Waals surface area contributed by atoms with E-state index in [4.69, 9.17) is 0 Å². The summed E-state index contributed by atoms with van der Waals surface area (Å²) in [6.45, 7) is 2.12. The smallest absolute Gasteiger partial charge is 0.238 e. The Labute approximate surface area is 170 Å². The van der Waals surface area contributed by atoms with Gasteiger partial charge in [-0.05, 0) is 54.7 Å². The van der Waals surface area contributed by atoms with Crippen LogP contribution < -0.4 is 10.2 Å². The maximum Gasteiger partial charge on any atom is 0.238 e. The molecule has 2 fully saturated rings. The minimum atomic E-state index is -0.0285. The average Bonchev–Trinajstić information content (AvgIpc) is 3.39. The first kappa shape index (κ1) is 19.1. The van der Waals surface area contributed by atoms with E-state index in [-0.39, 0.29) is 23.1 Å². The number of carbonyl (C=O) groups excluding carboxylic acids is 2. The average molecular weight is 395 g/mol. The van der Waals surface area contributed by atoms with Crippen LogP contribution in [0.1, 0.15) is 49.1 Å². The molecule has 2 aliphatic rings. The molecule has 28 heavy (non-hydrogen) atoms. The highest BCUT2D eigenvalue weighted by Crippen LogP contribution is 2.42. The number of aryl methyl sites for hydroxylation is 1. The summed E-state index contributed by atoms with van der Waals surface area (Å²) >= 11 is 1.65. The van der Waals surface area contributed by atoms with Crippen molar-refractivity contribution >= 4 is 35.0 Å². The summed E-state index contributed by atoms with van der Waals surface area (Å²) in [5.41, 5.74) is 4.09. The minimum absolute atomic E-state index is 0.0285. The number of benzene rings is 2. The fourth-order valence-electron chi connectivity index (χ4n) is 4.04. The van der Waals surface area contributed by atoms with Crippen LogP contribution >= 0.6 is 11.8 Å². The Morgan fingerprint density at radius 2 is 1.89 bits per heavy atom. The Balaban J connectivity index is 1.50. The fraction of sp³-hybridized carbons (Fsp3) is 0.391. The first-order valence-electron chi connectivity index (χ1n) is 10.1. The summed E-state index contributed by atoms with van der Waals surface area (Å²) < 4.78 is 0. The summed E-state index contributed by atoms with van der Waals surface area (Å²) in [5, 5.41) is 3.01. The highest BCUT2D eigenvalue weighted by atomic mass is 32.2. The number of anilines is 2. The number of nitrogens with zero attached hydrogens (tertiary/aromatic N) is 1. The third-order valence-corrected chi connectivity index (χ3v) is 6.87. The van der Waals surface area contributed by atoms with Gasteiger partial charge in [-0.15, -0.1) is 11.8 Å². The highest BCUT2D eigenvalue weighted by molar-refractivity contribution is 8.00. The van der Waals surface area contributed by atoms with Gasteiger partial charge in [0.15, 0.2) is 0 Å². The molecule has 1 N–H and O–H groups in total. The second-order valence-electron chi connectivity index (χ2n) is 7.54. The molecular weight excluding hydrogens is 368 g/mol. The summed E-state index contributed by atoms with van der Waals surface area (Å²) in [5.74, 6) is 0.917. The van der Waals surface area contributed by atoms with E-state index in [0.717, 1.165) is 49.0 Å². The number of thioether (sulfide) groups is 1. The van der Waals surface area contributed by atoms with Gasteiger partial charge in [-0.1, -0.05) is 44.0 Å². The Bertz CT molecular complexity index is 859. The minimum Gasteiger partial charge on any atom is -0.326 e. The van der Waals surface area contributed by atoms with Crippen molar-refractivity contribution in [3.8, 4) is 0 Å². The van der Waals surface area contributed by atoms with Crippen molar-refractivity contribution in [3.05, 3.63) is 59.7 Å². The van der Waals surface area contributed by atoms with E-state index >= 15 is 0 Å². The summed E-state index contributed by atoms with van der Waals surface area (Å²) in [6.07, 6.45) is 5.24. The molecule has 1 saturated heterocycles. The van der Waals surface area contributed by atoms with Gasteiger partial charge in [-0.3, -0.25) is 14.5 Å². The van der Waals surface area contributed by atoms with Gasteiger partial charge in [-0.25, -0.2) is 0 Å². The van der Waals surface area contributed by atoms with Crippen molar-refractivity contribution in [1.29, 1.82) is 0 Å². The number of carbonyl (C=O) groups is 2. The molecule has 1 aliphatic heterocycles.